The second-order valence-corrected chi connectivity index (χ2v) is 1.92. The Morgan fingerprint density at radius 1 is 2.00 bits per heavy atom. The zero-order valence-corrected chi connectivity index (χ0v) is 5.03. The van der Waals surface area contributed by atoms with Crippen LogP contribution < -0.4 is 5.73 Å². The Morgan fingerprint density at radius 3 is 2.71 bits per heavy atom. The van der Waals surface area contributed by atoms with Crippen LogP contribution in [0.15, 0.2) is 16.6 Å². The minimum atomic E-state index is 0.575. The van der Waals surface area contributed by atoms with E-state index in [9.17, 15) is 0 Å². The predicted molar refractivity (Wildman–Crippen MR) is 35.3 cm³/mol. The second kappa shape index (κ2) is 3.74. The van der Waals surface area contributed by atoms with E-state index in [4.69, 9.17) is 5.73 Å². The lowest BCUT2D eigenvalue weighted by molar-refractivity contribution is 1.49. The lowest BCUT2D eigenvalue weighted by Crippen LogP contribution is -1.86. The summed E-state index contributed by atoms with van der Waals surface area (Å²) >= 11 is 1.32. The average molecular weight is 116 g/mol. The van der Waals surface area contributed by atoms with Gasteiger partial charge in [-0.2, -0.15) is 0 Å². The van der Waals surface area contributed by atoms with Gasteiger partial charge in [0, 0.05) is 7.05 Å². The molecule has 7 heavy (non-hydrogen) atoms. The third-order valence-corrected chi connectivity index (χ3v) is 0.928. The summed E-state index contributed by atoms with van der Waals surface area (Å²) in [5.41, 5.74) is 6.80. The van der Waals surface area contributed by atoms with Crippen LogP contribution in [0.4, 0.5) is 0 Å². The maximum atomic E-state index is 5.16. The van der Waals surface area contributed by atoms with Crippen molar-refractivity contribution in [3.05, 3.63) is 11.6 Å². The van der Waals surface area contributed by atoms with Crippen molar-refractivity contribution in [1.29, 1.82) is 0 Å². The number of nitrogens with two attached hydrogens (primary N) is 1. The molecule has 0 heterocycles. The first-order valence-electron chi connectivity index (χ1n) is 1.79. The monoisotopic (exact) mass is 116 g/mol. The standard InChI is InChI=1S/C4H8N2S/c1-4(5)7-3-6-2/h3H,1,5H2,2H3/b6-3-. The molecule has 0 spiro atoms. The Balaban J connectivity index is 3.14. The molecule has 0 aliphatic heterocycles. The topological polar surface area (TPSA) is 38.4 Å². The van der Waals surface area contributed by atoms with Gasteiger partial charge in [0.05, 0.1) is 10.6 Å². The lowest BCUT2D eigenvalue weighted by Gasteiger charge is -1.84. The minimum Gasteiger partial charge on any atom is -0.394 e. The van der Waals surface area contributed by atoms with Gasteiger partial charge in [0.1, 0.15) is 0 Å². The fourth-order valence-electron chi connectivity index (χ4n) is 0.120. The SMILES string of the molecule is C=C(N)S/C=N\C. The molecule has 0 radical (unpaired) electrons. The number of aliphatic imine (C=N–C) groups is 1. The highest BCUT2D eigenvalue weighted by Crippen LogP contribution is 1.99. The highest BCUT2D eigenvalue weighted by atomic mass is 32.2. The largest absolute Gasteiger partial charge is 0.394 e. The van der Waals surface area contributed by atoms with Crippen molar-refractivity contribution in [1.82, 2.24) is 0 Å². The first-order valence-corrected chi connectivity index (χ1v) is 2.67. The molecule has 40 valence electrons. The molecule has 0 unspecified atom stereocenters. The van der Waals surface area contributed by atoms with Crippen LogP contribution in [0, 0.1) is 0 Å². The summed E-state index contributed by atoms with van der Waals surface area (Å²) in [5.74, 6) is 0. The van der Waals surface area contributed by atoms with Gasteiger partial charge in [-0.05, 0) is 0 Å². The minimum absolute atomic E-state index is 0.575. The van der Waals surface area contributed by atoms with E-state index >= 15 is 0 Å². The van der Waals surface area contributed by atoms with E-state index < -0.39 is 0 Å². The third kappa shape index (κ3) is 5.56. The lowest BCUT2D eigenvalue weighted by atomic mass is 11.1. The van der Waals surface area contributed by atoms with Crippen molar-refractivity contribution >= 4 is 17.3 Å². The molecule has 0 aromatic heterocycles. The van der Waals surface area contributed by atoms with Gasteiger partial charge in [0.15, 0.2) is 0 Å². The Hall–Kier alpha value is -0.440. The fraction of sp³-hybridized carbons (Fsp3) is 0.250. The van der Waals surface area contributed by atoms with Crippen LogP contribution in [0.2, 0.25) is 0 Å². The molecule has 0 amide bonds. The van der Waals surface area contributed by atoms with Gasteiger partial charge in [-0.25, -0.2) is 0 Å². The first kappa shape index (κ1) is 6.56. The zero-order valence-electron chi connectivity index (χ0n) is 4.22. The van der Waals surface area contributed by atoms with Crippen molar-refractivity contribution < 1.29 is 0 Å². The van der Waals surface area contributed by atoms with Crippen LogP contribution in [-0.2, 0) is 0 Å². The number of rotatable bonds is 2. The van der Waals surface area contributed by atoms with Gasteiger partial charge in [0.25, 0.3) is 0 Å². The van der Waals surface area contributed by atoms with Crippen LogP contribution in [0.1, 0.15) is 0 Å². The van der Waals surface area contributed by atoms with Crippen LogP contribution >= 0.6 is 11.8 Å². The number of nitrogens with zero attached hydrogens (tertiary/aromatic N) is 1. The highest BCUT2D eigenvalue weighted by molar-refractivity contribution is 8.15. The molecule has 0 aromatic rings. The van der Waals surface area contributed by atoms with Gasteiger partial charge >= 0.3 is 0 Å². The van der Waals surface area contributed by atoms with E-state index in [0.717, 1.165) is 0 Å². The van der Waals surface area contributed by atoms with E-state index in [1.165, 1.54) is 11.8 Å². The molecule has 0 saturated carbocycles. The maximum absolute atomic E-state index is 5.16. The Morgan fingerprint density at radius 2 is 2.57 bits per heavy atom. The number of thioether (sulfide) groups is 1. The third-order valence-electron chi connectivity index (χ3n) is 0.309. The Kier molecular flexibility index (Phi) is 3.50. The van der Waals surface area contributed by atoms with E-state index in [1.54, 1.807) is 12.6 Å². The summed E-state index contributed by atoms with van der Waals surface area (Å²) < 4.78 is 0. The molecule has 0 atom stereocenters. The van der Waals surface area contributed by atoms with Crippen molar-refractivity contribution in [2.45, 2.75) is 0 Å². The second-order valence-electron chi connectivity index (χ2n) is 0.948. The molecular weight excluding hydrogens is 108 g/mol. The zero-order chi connectivity index (χ0) is 5.70. The quantitative estimate of drug-likeness (QED) is 0.428. The molecule has 0 saturated heterocycles. The molecule has 2 N–H and O–H groups in total. The maximum Gasteiger partial charge on any atom is 0.0639 e. The van der Waals surface area contributed by atoms with E-state index in [0.29, 0.717) is 5.03 Å². The average Bonchev–Trinajstić information content (AvgIpc) is 1.61. The summed E-state index contributed by atoms with van der Waals surface area (Å²) in [6.45, 7) is 3.44. The molecule has 0 aromatic carbocycles. The van der Waals surface area contributed by atoms with Gasteiger partial charge in [-0.3, -0.25) is 4.99 Å². The molecule has 0 aliphatic rings. The fourth-order valence-corrected chi connectivity index (χ4v) is 0.361. The smallest absolute Gasteiger partial charge is 0.0639 e. The van der Waals surface area contributed by atoms with Gasteiger partial charge in [-0.15, -0.1) is 0 Å². The first-order chi connectivity index (χ1) is 3.27. The molecule has 2 nitrogen and oxygen atoms in total. The Labute approximate surface area is 47.5 Å². The van der Waals surface area contributed by atoms with E-state index in [1.807, 2.05) is 0 Å². The molecular formula is C4H8N2S. The van der Waals surface area contributed by atoms with E-state index in [-0.39, 0.29) is 0 Å². The molecule has 3 heteroatoms. The summed E-state index contributed by atoms with van der Waals surface area (Å²) in [6, 6.07) is 0. The molecule has 0 bridgehead atoms. The van der Waals surface area contributed by atoms with Crippen molar-refractivity contribution in [3.8, 4) is 0 Å². The molecule has 0 rings (SSSR count). The van der Waals surface area contributed by atoms with Crippen LogP contribution in [0.25, 0.3) is 0 Å². The van der Waals surface area contributed by atoms with Crippen LogP contribution in [-0.4, -0.2) is 12.6 Å². The Bertz CT molecular complexity index is 87.7. The molecule has 0 aliphatic carbocycles. The summed E-state index contributed by atoms with van der Waals surface area (Å²) in [6.07, 6.45) is 0. The van der Waals surface area contributed by atoms with Crippen LogP contribution in [0.5, 0.6) is 0 Å². The predicted octanol–water partition coefficient (Wildman–Crippen LogP) is 0.808. The van der Waals surface area contributed by atoms with Gasteiger partial charge < -0.3 is 5.73 Å². The highest BCUT2D eigenvalue weighted by Gasteiger charge is 1.75. The van der Waals surface area contributed by atoms with Crippen molar-refractivity contribution in [2.75, 3.05) is 7.05 Å². The van der Waals surface area contributed by atoms with Gasteiger partial charge in [0.2, 0.25) is 0 Å². The summed E-state index contributed by atoms with van der Waals surface area (Å²) in [7, 11) is 1.69. The van der Waals surface area contributed by atoms with E-state index in [2.05, 4.69) is 11.6 Å². The van der Waals surface area contributed by atoms with Crippen molar-refractivity contribution in [2.24, 2.45) is 10.7 Å². The number of hydrogen-bond acceptors (Lipinski definition) is 3. The van der Waals surface area contributed by atoms with Crippen molar-refractivity contribution in [3.63, 3.8) is 0 Å². The number of hydrogen-bond donors (Lipinski definition) is 1. The summed E-state index contributed by atoms with van der Waals surface area (Å²) in [5, 5.41) is 0.575. The normalized spacial score (nSPS) is 9.86. The molecule has 0 fully saturated rings. The van der Waals surface area contributed by atoms with Crippen LogP contribution in [0.3, 0.4) is 0 Å². The summed E-state index contributed by atoms with van der Waals surface area (Å²) in [4.78, 5) is 3.67. The van der Waals surface area contributed by atoms with Gasteiger partial charge in [-0.1, -0.05) is 18.3 Å².